The summed E-state index contributed by atoms with van der Waals surface area (Å²) in [6, 6.07) is 8.36. The van der Waals surface area contributed by atoms with Gasteiger partial charge in [-0.2, -0.15) is 0 Å². The molecule has 0 saturated heterocycles. The molecule has 6 nitrogen and oxygen atoms in total. The average molecular weight is 379 g/mol. The number of nitrogens with one attached hydrogen (secondary N) is 1. The minimum Gasteiger partial charge on any atom is -0.326 e. The summed E-state index contributed by atoms with van der Waals surface area (Å²) >= 11 is 0. The molecule has 3 aromatic rings. The van der Waals surface area contributed by atoms with Crippen molar-refractivity contribution in [3.8, 4) is 11.4 Å². The Balaban J connectivity index is 1.50. The van der Waals surface area contributed by atoms with Crippen molar-refractivity contribution in [1.82, 2.24) is 19.7 Å². The van der Waals surface area contributed by atoms with Gasteiger partial charge in [-0.3, -0.25) is 9.78 Å². The number of halogens is 1. The summed E-state index contributed by atoms with van der Waals surface area (Å²) in [5, 5.41) is 11.3. The fourth-order valence-electron chi connectivity index (χ4n) is 3.49. The molecule has 0 unspecified atom stereocenters. The first-order valence-corrected chi connectivity index (χ1v) is 9.61. The van der Waals surface area contributed by atoms with Gasteiger partial charge in [0, 0.05) is 37.5 Å². The van der Waals surface area contributed by atoms with E-state index in [-0.39, 0.29) is 11.7 Å². The standard InChI is InChI=1S/C21H22FN5O/c22-18-9-8-16(24-20(28)10-7-15-5-4-11-23-14-15)13-17(18)21-26-25-19-6-2-1-3-12-27(19)21/h4-5,8-9,11,13-14H,1-3,6-7,10,12H2,(H,24,28). The van der Waals surface area contributed by atoms with Crippen LogP contribution >= 0.6 is 0 Å². The topological polar surface area (TPSA) is 72.7 Å². The number of hydrogen-bond acceptors (Lipinski definition) is 4. The number of pyridine rings is 1. The van der Waals surface area contributed by atoms with Crippen LogP contribution in [0.3, 0.4) is 0 Å². The van der Waals surface area contributed by atoms with Gasteiger partial charge in [0.15, 0.2) is 5.82 Å². The van der Waals surface area contributed by atoms with Crippen LogP contribution in [0.5, 0.6) is 0 Å². The van der Waals surface area contributed by atoms with E-state index in [4.69, 9.17) is 0 Å². The number of anilines is 1. The minimum absolute atomic E-state index is 0.124. The van der Waals surface area contributed by atoms with E-state index in [9.17, 15) is 9.18 Å². The Kier molecular flexibility index (Phi) is 5.41. The second kappa shape index (κ2) is 8.29. The number of carbonyl (C=O) groups excluding carboxylic acids is 1. The van der Waals surface area contributed by atoms with Gasteiger partial charge in [0.05, 0.1) is 5.56 Å². The molecule has 0 saturated carbocycles. The van der Waals surface area contributed by atoms with Gasteiger partial charge in [-0.1, -0.05) is 12.5 Å². The Labute approximate surface area is 162 Å². The van der Waals surface area contributed by atoms with E-state index in [1.165, 1.54) is 6.07 Å². The molecule has 4 rings (SSSR count). The zero-order valence-corrected chi connectivity index (χ0v) is 15.6. The summed E-state index contributed by atoms with van der Waals surface area (Å²) in [6.45, 7) is 0.790. The Morgan fingerprint density at radius 2 is 2.11 bits per heavy atom. The fourth-order valence-corrected chi connectivity index (χ4v) is 3.49. The van der Waals surface area contributed by atoms with Crippen molar-refractivity contribution in [2.24, 2.45) is 0 Å². The first-order chi connectivity index (χ1) is 13.7. The molecule has 0 fully saturated rings. The third-order valence-corrected chi connectivity index (χ3v) is 4.96. The van der Waals surface area contributed by atoms with E-state index >= 15 is 0 Å². The van der Waals surface area contributed by atoms with Crippen LogP contribution in [0.1, 0.15) is 37.1 Å². The molecule has 28 heavy (non-hydrogen) atoms. The molecule has 2 aromatic heterocycles. The Hall–Kier alpha value is -3.09. The molecule has 144 valence electrons. The van der Waals surface area contributed by atoms with Crippen LogP contribution in [-0.2, 0) is 24.2 Å². The van der Waals surface area contributed by atoms with Crippen LogP contribution in [0.25, 0.3) is 11.4 Å². The summed E-state index contributed by atoms with van der Waals surface area (Å²) in [4.78, 5) is 16.3. The van der Waals surface area contributed by atoms with Crippen molar-refractivity contribution in [2.45, 2.75) is 45.1 Å². The van der Waals surface area contributed by atoms with Crippen molar-refractivity contribution < 1.29 is 9.18 Å². The summed E-state index contributed by atoms with van der Waals surface area (Å²) in [5.41, 5.74) is 1.92. The molecule has 0 spiro atoms. The maximum Gasteiger partial charge on any atom is 0.224 e. The van der Waals surface area contributed by atoms with Crippen LogP contribution in [0.15, 0.2) is 42.7 Å². The SMILES string of the molecule is O=C(CCc1cccnc1)Nc1ccc(F)c(-c2nnc3n2CCCCC3)c1. The van der Waals surface area contributed by atoms with E-state index in [1.54, 1.807) is 24.5 Å². The van der Waals surface area contributed by atoms with E-state index in [2.05, 4.69) is 20.5 Å². The predicted octanol–water partition coefficient (Wildman–Crippen LogP) is 3.78. The molecule has 1 N–H and O–H groups in total. The van der Waals surface area contributed by atoms with Crippen molar-refractivity contribution >= 4 is 11.6 Å². The van der Waals surface area contributed by atoms with Crippen molar-refractivity contribution in [2.75, 3.05) is 5.32 Å². The van der Waals surface area contributed by atoms with Crippen molar-refractivity contribution in [3.05, 3.63) is 59.9 Å². The van der Waals surface area contributed by atoms with Crippen LogP contribution < -0.4 is 5.32 Å². The first-order valence-electron chi connectivity index (χ1n) is 9.61. The lowest BCUT2D eigenvalue weighted by molar-refractivity contribution is -0.116. The van der Waals surface area contributed by atoms with Crippen LogP contribution in [0.4, 0.5) is 10.1 Å². The van der Waals surface area contributed by atoms with Crippen LogP contribution in [0.2, 0.25) is 0 Å². The number of carbonyl (C=O) groups is 1. The third kappa shape index (κ3) is 4.08. The molecule has 0 radical (unpaired) electrons. The highest BCUT2D eigenvalue weighted by molar-refractivity contribution is 5.91. The van der Waals surface area contributed by atoms with E-state index < -0.39 is 0 Å². The molecule has 0 bridgehead atoms. The van der Waals surface area contributed by atoms with Gasteiger partial charge in [-0.05, 0) is 49.1 Å². The molecule has 0 aliphatic carbocycles. The molecule has 1 aliphatic rings. The fraction of sp³-hybridized carbons (Fsp3) is 0.333. The second-order valence-corrected chi connectivity index (χ2v) is 7.01. The molecule has 1 amide bonds. The zero-order chi connectivity index (χ0) is 19.3. The van der Waals surface area contributed by atoms with Gasteiger partial charge in [0.25, 0.3) is 0 Å². The number of aryl methyl sites for hydroxylation is 2. The van der Waals surface area contributed by atoms with Gasteiger partial charge in [-0.15, -0.1) is 10.2 Å². The number of benzene rings is 1. The van der Waals surface area contributed by atoms with Gasteiger partial charge < -0.3 is 9.88 Å². The summed E-state index contributed by atoms with van der Waals surface area (Å²) < 4.78 is 16.5. The highest BCUT2D eigenvalue weighted by atomic mass is 19.1. The Morgan fingerprint density at radius 1 is 1.18 bits per heavy atom. The summed E-state index contributed by atoms with van der Waals surface area (Å²) in [7, 11) is 0. The third-order valence-electron chi connectivity index (χ3n) is 4.96. The highest BCUT2D eigenvalue weighted by Crippen LogP contribution is 2.27. The van der Waals surface area contributed by atoms with Gasteiger partial charge >= 0.3 is 0 Å². The maximum atomic E-state index is 14.5. The molecule has 1 aliphatic heterocycles. The smallest absolute Gasteiger partial charge is 0.224 e. The monoisotopic (exact) mass is 379 g/mol. The van der Waals surface area contributed by atoms with Gasteiger partial charge in [-0.25, -0.2) is 4.39 Å². The van der Waals surface area contributed by atoms with Gasteiger partial charge in [0.1, 0.15) is 11.6 Å². The first kappa shape index (κ1) is 18.3. The molecule has 7 heteroatoms. The molecule has 0 atom stereocenters. The van der Waals surface area contributed by atoms with Crippen molar-refractivity contribution in [1.29, 1.82) is 0 Å². The summed E-state index contributed by atoms with van der Waals surface area (Å²) in [6.07, 6.45) is 8.50. The molecular formula is C21H22FN5O. The highest BCUT2D eigenvalue weighted by Gasteiger charge is 2.19. The van der Waals surface area contributed by atoms with E-state index in [1.807, 2.05) is 16.7 Å². The van der Waals surface area contributed by atoms with Crippen LogP contribution in [0, 0.1) is 5.82 Å². The lowest BCUT2D eigenvalue weighted by atomic mass is 10.1. The molecular weight excluding hydrogens is 357 g/mol. The normalized spacial score (nSPS) is 13.6. The van der Waals surface area contributed by atoms with E-state index in [0.717, 1.165) is 43.6 Å². The number of amides is 1. The van der Waals surface area contributed by atoms with Gasteiger partial charge in [0.2, 0.25) is 5.91 Å². The summed E-state index contributed by atoms with van der Waals surface area (Å²) in [5.74, 6) is 0.938. The number of hydrogen-bond donors (Lipinski definition) is 1. The van der Waals surface area contributed by atoms with Crippen LogP contribution in [-0.4, -0.2) is 25.7 Å². The quantitative estimate of drug-likeness (QED) is 0.732. The lowest BCUT2D eigenvalue weighted by Gasteiger charge is -2.10. The predicted molar refractivity (Wildman–Crippen MR) is 104 cm³/mol. The molecule has 1 aromatic carbocycles. The maximum absolute atomic E-state index is 14.5. The minimum atomic E-state index is -0.368. The largest absolute Gasteiger partial charge is 0.326 e. The Morgan fingerprint density at radius 3 is 2.96 bits per heavy atom. The lowest BCUT2D eigenvalue weighted by Crippen LogP contribution is -2.13. The second-order valence-electron chi connectivity index (χ2n) is 7.01. The Bertz CT molecular complexity index is 970. The zero-order valence-electron chi connectivity index (χ0n) is 15.6. The number of nitrogens with zero attached hydrogens (tertiary/aromatic N) is 4. The van der Waals surface area contributed by atoms with Crippen molar-refractivity contribution in [3.63, 3.8) is 0 Å². The number of fused-ring (bicyclic) bond motifs is 1. The number of aromatic nitrogens is 4. The number of rotatable bonds is 5. The molecule has 3 heterocycles. The van der Waals surface area contributed by atoms with E-state index in [0.29, 0.717) is 29.9 Å². The average Bonchev–Trinajstić information content (AvgIpc) is 2.96.